The number of carbonyl (C=O) groups excluding carboxylic acids is 1. The van der Waals surface area contributed by atoms with E-state index in [4.69, 9.17) is 0 Å². The molecule has 1 saturated heterocycles. The third-order valence-electron chi connectivity index (χ3n) is 8.12. The summed E-state index contributed by atoms with van der Waals surface area (Å²) in [5.41, 5.74) is 0.775. The number of fused-ring (bicyclic) bond motifs is 1. The Balaban J connectivity index is 1.19. The molecule has 4 aliphatic rings. The van der Waals surface area contributed by atoms with Crippen molar-refractivity contribution < 1.29 is 18.0 Å². The number of piperidine rings is 1. The number of nitrogens with zero attached hydrogens (tertiary/aromatic N) is 4. The fraction of sp³-hybridized carbons (Fsp3) is 0.609. The van der Waals surface area contributed by atoms with Crippen LogP contribution in [0.4, 0.5) is 13.2 Å². The Morgan fingerprint density at radius 3 is 2.55 bits per heavy atom. The highest BCUT2D eigenvalue weighted by Crippen LogP contribution is 2.70. The Hall–Kier alpha value is -2.38. The molecular formula is C23H25F3N4O. The molecule has 2 aromatic rings. The van der Waals surface area contributed by atoms with Crippen LogP contribution in [0.2, 0.25) is 0 Å². The molecule has 1 amide bonds. The number of likely N-dealkylation sites (tertiary alicyclic amines) is 1. The van der Waals surface area contributed by atoms with E-state index < -0.39 is 11.9 Å². The molecule has 5 nitrogen and oxygen atoms in total. The van der Waals surface area contributed by atoms with Crippen molar-refractivity contribution in [3.63, 3.8) is 0 Å². The molecule has 3 aliphatic carbocycles. The van der Waals surface area contributed by atoms with E-state index in [1.54, 1.807) is 13.0 Å². The second-order valence-electron chi connectivity index (χ2n) is 9.81. The van der Waals surface area contributed by atoms with Crippen molar-refractivity contribution in [1.29, 1.82) is 0 Å². The Labute approximate surface area is 178 Å². The van der Waals surface area contributed by atoms with Gasteiger partial charge in [0.15, 0.2) is 5.65 Å². The van der Waals surface area contributed by atoms with E-state index >= 15 is 0 Å². The van der Waals surface area contributed by atoms with Gasteiger partial charge < -0.3 is 4.90 Å². The molecule has 2 aromatic heterocycles. The lowest BCUT2D eigenvalue weighted by molar-refractivity contribution is -0.142. The largest absolute Gasteiger partial charge is 0.433 e. The molecule has 31 heavy (non-hydrogen) atoms. The molecule has 164 valence electrons. The quantitative estimate of drug-likeness (QED) is 0.665. The standard InChI is InChI=1S/C23H25F3N4O/c1-13-10-20-27-18(12-19(23(24,25)26)30(20)28-13)14-4-8-29(9-5-14)21(31)16-11-15-2-3-17(16)22(15)6-7-22/h2-3,10,12,14-17H,4-9,11H2,1H3/t15-,16-,17+/m1/s1. The summed E-state index contributed by atoms with van der Waals surface area (Å²) in [6.45, 7) is 2.83. The highest BCUT2D eigenvalue weighted by molar-refractivity contribution is 5.80. The van der Waals surface area contributed by atoms with Crippen molar-refractivity contribution in [1.82, 2.24) is 19.5 Å². The van der Waals surface area contributed by atoms with Crippen LogP contribution < -0.4 is 0 Å². The SMILES string of the molecule is Cc1cc2nc(C3CCN(C(=O)[C@@H]4C[C@H]5C=C[C@@H]4C54CC4)CC3)cc(C(F)(F)F)n2n1. The monoisotopic (exact) mass is 430 g/mol. The Morgan fingerprint density at radius 1 is 1.16 bits per heavy atom. The van der Waals surface area contributed by atoms with Gasteiger partial charge in [0.2, 0.25) is 5.91 Å². The number of alkyl halides is 3. The minimum absolute atomic E-state index is 0.0833. The van der Waals surface area contributed by atoms with Crippen LogP contribution in [-0.2, 0) is 11.0 Å². The van der Waals surface area contributed by atoms with Crippen molar-refractivity contribution in [2.45, 2.75) is 51.1 Å². The highest BCUT2D eigenvalue weighted by atomic mass is 19.4. The number of carbonyl (C=O) groups is 1. The summed E-state index contributed by atoms with van der Waals surface area (Å²) in [7, 11) is 0. The number of hydrogen-bond donors (Lipinski definition) is 0. The molecule has 2 bridgehead atoms. The number of halogens is 3. The van der Waals surface area contributed by atoms with Crippen molar-refractivity contribution in [2.24, 2.45) is 23.2 Å². The van der Waals surface area contributed by atoms with Crippen molar-refractivity contribution >= 4 is 11.6 Å². The lowest BCUT2D eigenvalue weighted by Gasteiger charge is -2.35. The van der Waals surface area contributed by atoms with Crippen LogP contribution in [0.15, 0.2) is 24.3 Å². The van der Waals surface area contributed by atoms with Gasteiger partial charge in [-0.2, -0.15) is 18.3 Å². The number of allylic oxidation sites excluding steroid dienone is 2. The highest BCUT2D eigenvalue weighted by Gasteiger charge is 2.64. The zero-order chi connectivity index (χ0) is 21.5. The molecule has 6 rings (SSSR count). The summed E-state index contributed by atoms with van der Waals surface area (Å²) in [6.07, 6.45) is 4.80. The molecule has 3 fully saturated rings. The molecule has 1 spiro atoms. The van der Waals surface area contributed by atoms with E-state index in [-0.39, 0.29) is 23.4 Å². The van der Waals surface area contributed by atoms with Gasteiger partial charge in [0.05, 0.1) is 5.69 Å². The summed E-state index contributed by atoms with van der Waals surface area (Å²) in [6, 6.07) is 2.72. The number of amides is 1. The summed E-state index contributed by atoms with van der Waals surface area (Å²) in [5.74, 6) is 1.22. The average molecular weight is 430 g/mol. The van der Waals surface area contributed by atoms with E-state index in [0.29, 0.717) is 54.6 Å². The van der Waals surface area contributed by atoms with Gasteiger partial charge in [0.25, 0.3) is 0 Å². The fourth-order valence-electron chi connectivity index (χ4n) is 6.41. The van der Waals surface area contributed by atoms with Gasteiger partial charge in [-0.1, -0.05) is 12.2 Å². The maximum absolute atomic E-state index is 13.6. The van der Waals surface area contributed by atoms with Gasteiger partial charge in [-0.15, -0.1) is 0 Å². The number of aromatic nitrogens is 3. The Kier molecular flexibility index (Phi) is 3.94. The predicted molar refractivity (Wildman–Crippen MR) is 107 cm³/mol. The third-order valence-corrected chi connectivity index (χ3v) is 8.12. The van der Waals surface area contributed by atoms with E-state index in [9.17, 15) is 18.0 Å². The minimum Gasteiger partial charge on any atom is -0.342 e. The molecule has 0 aromatic carbocycles. The van der Waals surface area contributed by atoms with Crippen LogP contribution in [0.25, 0.3) is 5.65 Å². The zero-order valence-corrected chi connectivity index (χ0v) is 17.4. The third kappa shape index (κ3) is 2.86. The van der Waals surface area contributed by atoms with E-state index in [1.807, 2.05) is 4.90 Å². The van der Waals surface area contributed by atoms with Crippen LogP contribution in [0.5, 0.6) is 0 Å². The van der Waals surface area contributed by atoms with Crippen LogP contribution in [-0.4, -0.2) is 38.5 Å². The van der Waals surface area contributed by atoms with Crippen LogP contribution >= 0.6 is 0 Å². The minimum atomic E-state index is -4.50. The van der Waals surface area contributed by atoms with E-state index in [1.165, 1.54) is 12.8 Å². The number of hydrogen-bond acceptors (Lipinski definition) is 3. The summed E-state index contributed by atoms with van der Waals surface area (Å²) in [4.78, 5) is 19.7. The Bertz CT molecular complexity index is 1090. The maximum atomic E-state index is 13.6. The van der Waals surface area contributed by atoms with Gasteiger partial charge in [0, 0.05) is 36.7 Å². The molecule has 3 heterocycles. The van der Waals surface area contributed by atoms with Crippen LogP contribution in [0.3, 0.4) is 0 Å². The molecule has 0 N–H and O–H groups in total. The van der Waals surface area contributed by atoms with Crippen molar-refractivity contribution in [2.75, 3.05) is 13.1 Å². The molecule has 0 unspecified atom stereocenters. The molecule has 1 aliphatic heterocycles. The normalized spacial score (nSPS) is 29.4. The average Bonchev–Trinajstić information content (AvgIpc) is 3.24. The number of aryl methyl sites for hydroxylation is 1. The lowest BCUT2D eigenvalue weighted by atomic mass is 9.86. The van der Waals surface area contributed by atoms with Gasteiger partial charge in [-0.3, -0.25) is 4.79 Å². The van der Waals surface area contributed by atoms with Crippen LogP contribution in [0.1, 0.15) is 55.1 Å². The van der Waals surface area contributed by atoms with Gasteiger partial charge >= 0.3 is 6.18 Å². The summed E-state index contributed by atoms with van der Waals surface area (Å²) < 4.78 is 41.7. The lowest BCUT2D eigenvalue weighted by Crippen LogP contribution is -2.42. The van der Waals surface area contributed by atoms with Crippen LogP contribution in [0, 0.1) is 30.1 Å². The molecule has 3 atom stereocenters. The topological polar surface area (TPSA) is 50.5 Å². The maximum Gasteiger partial charge on any atom is 0.433 e. The first-order chi connectivity index (χ1) is 14.8. The smallest absolute Gasteiger partial charge is 0.342 e. The van der Waals surface area contributed by atoms with E-state index in [0.717, 1.165) is 17.0 Å². The van der Waals surface area contributed by atoms with Crippen molar-refractivity contribution in [3.05, 3.63) is 41.4 Å². The number of rotatable bonds is 2. The first-order valence-corrected chi connectivity index (χ1v) is 11.2. The molecular weight excluding hydrogens is 405 g/mol. The van der Waals surface area contributed by atoms with E-state index in [2.05, 4.69) is 22.2 Å². The van der Waals surface area contributed by atoms with Crippen molar-refractivity contribution in [3.8, 4) is 0 Å². The second kappa shape index (κ2) is 6.33. The molecule has 2 saturated carbocycles. The first-order valence-electron chi connectivity index (χ1n) is 11.2. The summed E-state index contributed by atoms with van der Waals surface area (Å²) >= 11 is 0. The first kappa shape index (κ1) is 19.3. The molecule has 0 radical (unpaired) electrons. The van der Waals surface area contributed by atoms with Gasteiger partial charge in [-0.05, 0) is 62.3 Å². The Morgan fingerprint density at radius 2 is 1.90 bits per heavy atom. The predicted octanol–water partition coefficient (Wildman–Crippen LogP) is 4.36. The van der Waals surface area contributed by atoms with Gasteiger partial charge in [0.1, 0.15) is 5.69 Å². The summed E-state index contributed by atoms with van der Waals surface area (Å²) in [5, 5.41) is 3.96. The zero-order valence-electron chi connectivity index (χ0n) is 17.4. The van der Waals surface area contributed by atoms with Gasteiger partial charge in [-0.25, -0.2) is 9.50 Å². The second-order valence-corrected chi connectivity index (χ2v) is 9.81. The fourth-order valence-corrected chi connectivity index (χ4v) is 6.41. The molecule has 8 heteroatoms.